The molecule has 0 saturated carbocycles. The van der Waals surface area contributed by atoms with Gasteiger partial charge in [0.15, 0.2) is 11.4 Å². The highest BCUT2D eigenvalue weighted by Gasteiger charge is 2.30. The number of carbonyl (C=O) groups excluding carboxylic acids is 1. The zero-order valence-electron chi connectivity index (χ0n) is 11.5. The Morgan fingerprint density at radius 2 is 2.26 bits per heavy atom. The number of aryl methyl sites for hydroxylation is 1. The second-order valence-electron chi connectivity index (χ2n) is 5.41. The zero-order valence-corrected chi connectivity index (χ0v) is 12.3. The second-order valence-corrected chi connectivity index (χ2v) is 6.42. The van der Waals surface area contributed by atoms with Gasteiger partial charge in [-0.25, -0.2) is 4.98 Å². The van der Waals surface area contributed by atoms with Crippen LogP contribution in [0.3, 0.4) is 0 Å². The van der Waals surface area contributed by atoms with Crippen LogP contribution in [0.1, 0.15) is 41.6 Å². The highest BCUT2D eigenvalue weighted by atomic mass is 32.1. The third kappa shape index (κ3) is 2.54. The van der Waals surface area contributed by atoms with Crippen LogP contribution in [0.15, 0.2) is 0 Å². The molecule has 2 aliphatic heterocycles. The third-order valence-corrected chi connectivity index (χ3v) is 5.35. The average Bonchev–Trinajstić information content (AvgIpc) is 2.90. The van der Waals surface area contributed by atoms with Crippen molar-refractivity contribution in [3.63, 3.8) is 0 Å². The van der Waals surface area contributed by atoms with E-state index in [0.29, 0.717) is 6.04 Å². The summed E-state index contributed by atoms with van der Waals surface area (Å²) < 4.78 is 0. The Labute approximate surface area is 118 Å². The summed E-state index contributed by atoms with van der Waals surface area (Å²) in [6.07, 6.45) is 5.81. The highest BCUT2D eigenvalue weighted by molar-refractivity contribution is 7.17. The van der Waals surface area contributed by atoms with Crippen LogP contribution in [0.2, 0.25) is 0 Å². The molecule has 1 aromatic rings. The van der Waals surface area contributed by atoms with E-state index in [1.165, 1.54) is 25.8 Å². The van der Waals surface area contributed by atoms with E-state index in [1.807, 2.05) is 0 Å². The van der Waals surface area contributed by atoms with Crippen LogP contribution in [0.5, 0.6) is 0 Å². The first-order valence-corrected chi connectivity index (χ1v) is 8.07. The first-order chi connectivity index (χ1) is 9.31. The monoisotopic (exact) mass is 279 g/mol. The molecule has 1 aromatic heterocycles. The van der Waals surface area contributed by atoms with Gasteiger partial charge in [0, 0.05) is 25.7 Å². The molecule has 2 saturated heterocycles. The van der Waals surface area contributed by atoms with Gasteiger partial charge in [-0.05, 0) is 25.8 Å². The predicted octanol–water partition coefficient (Wildman–Crippen LogP) is 2.19. The van der Waals surface area contributed by atoms with Crippen molar-refractivity contribution in [2.24, 2.45) is 0 Å². The van der Waals surface area contributed by atoms with Gasteiger partial charge in [0.25, 0.3) is 0 Å². The lowest BCUT2D eigenvalue weighted by molar-refractivity contribution is 0.112. The largest absolute Gasteiger partial charge is 0.345 e. The molecule has 0 spiro atoms. The van der Waals surface area contributed by atoms with Gasteiger partial charge in [0.05, 0.1) is 10.6 Å². The van der Waals surface area contributed by atoms with Gasteiger partial charge in [-0.3, -0.25) is 9.69 Å². The number of anilines is 1. The van der Waals surface area contributed by atoms with Gasteiger partial charge in [-0.2, -0.15) is 0 Å². The Bertz CT molecular complexity index is 460. The second kappa shape index (κ2) is 5.59. The molecule has 4 nitrogen and oxygen atoms in total. The van der Waals surface area contributed by atoms with Gasteiger partial charge in [-0.15, -0.1) is 0 Å². The van der Waals surface area contributed by atoms with Crippen molar-refractivity contribution in [3.8, 4) is 0 Å². The fourth-order valence-corrected chi connectivity index (χ4v) is 4.16. The van der Waals surface area contributed by atoms with E-state index >= 15 is 0 Å². The molecule has 0 amide bonds. The van der Waals surface area contributed by atoms with Crippen molar-refractivity contribution >= 4 is 22.8 Å². The highest BCUT2D eigenvalue weighted by Crippen LogP contribution is 2.29. The number of rotatable bonds is 3. The van der Waals surface area contributed by atoms with Crippen LogP contribution in [0.4, 0.5) is 5.13 Å². The molecule has 19 heavy (non-hydrogen) atoms. The maximum Gasteiger partial charge on any atom is 0.186 e. The van der Waals surface area contributed by atoms with Crippen molar-refractivity contribution in [3.05, 3.63) is 10.6 Å². The predicted molar refractivity (Wildman–Crippen MR) is 78.3 cm³/mol. The Hall–Kier alpha value is -0.940. The van der Waals surface area contributed by atoms with Gasteiger partial charge in [0.1, 0.15) is 0 Å². The Morgan fingerprint density at radius 3 is 3.00 bits per heavy atom. The molecular weight excluding hydrogens is 258 g/mol. The van der Waals surface area contributed by atoms with Crippen LogP contribution in [-0.4, -0.2) is 48.4 Å². The number of thiazole rings is 1. The Kier molecular flexibility index (Phi) is 3.84. The van der Waals surface area contributed by atoms with Gasteiger partial charge >= 0.3 is 0 Å². The molecule has 3 heterocycles. The summed E-state index contributed by atoms with van der Waals surface area (Å²) in [7, 11) is 0. The topological polar surface area (TPSA) is 36.4 Å². The van der Waals surface area contributed by atoms with Crippen LogP contribution >= 0.6 is 11.3 Å². The SMILES string of the molecule is CCc1nc(N2CCN3CCCCC3C2)sc1C=O. The molecule has 0 aromatic carbocycles. The molecule has 0 aliphatic carbocycles. The van der Waals surface area contributed by atoms with E-state index in [9.17, 15) is 4.79 Å². The minimum Gasteiger partial charge on any atom is -0.345 e. The quantitative estimate of drug-likeness (QED) is 0.795. The molecule has 3 rings (SSSR count). The minimum atomic E-state index is 0.691. The lowest BCUT2D eigenvalue weighted by Crippen LogP contribution is -2.54. The fraction of sp³-hybridized carbons (Fsp3) is 0.714. The van der Waals surface area contributed by atoms with Crippen LogP contribution in [0.25, 0.3) is 0 Å². The van der Waals surface area contributed by atoms with Gasteiger partial charge in [0.2, 0.25) is 0 Å². The third-order valence-electron chi connectivity index (χ3n) is 4.27. The first-order valence-electron chi connectivity index (χ1n) is 7.25. The molecule has 0 N–H and O–H groups in total. The maximum absolute atomic E-state index is 11.1. The standard InChI is InChI=1S/C14H21N3OS/c1-2-12-13(10-18)19-14(15-12)17-8-7-16-6-4-3-5-11(16)9-17/h10-11H,2-9H2,1H3. The molecular formula is C14H21N3OS. The summed E-state index contributed by atoms with van der Waals surface area (Å²) in [4.78, 5) is 21.5. The summed E-state index contributed by atoms with van der Waals surface area (Å²) >= 11 is 1.56. The smallest absolute Gasteiger partial charge is 0.186 e. The number of nitrogens with zero attached hydrogens (tertiary/aromatic N) is 3. The van der Waals surface area contributed by atoms with Crippen molar-refractivity contribution in [2.45, 2.75) is 38.6 Å². The number of piperidine rings is 1. The van der Waals surface area contributed by atoms with Crippen LogP contribution in [0, 0.1) is 0 Å². The van der Waals surface area contributed by atoms with Crippen molar-refractivity contribution < 1.29 is 4.79 Å². The number of aldehydes is 1. The number of hydrogen-bond acceptors (Lipinski definition) is 5. The summed E-state index contributed by atoms with van der Waals surface area (Å²) in [6.45, 7) is 6.59. The van der Waals surface area contributed by atoms with E-state index in [1.54, 1.807) is 11.3 Å². The van der Waals surface area contributed by atoms with E-state index < -0.39 is 0 Å². The molecule has 1 unspecified atom stereocenters. The summed E-state index contributed by atoms with van der Waals surface area (Å²) in [5.41, 5.74) is 0.959. The van der Waals surface area contributed by atoms with Crippen LogP contribution in [-0.2, 0) is 6.42 Å². The lowest BCUT2D eigenvalue weighted by atomic mass is 10.00. The molecule has 0 bridgehead atoms. The number of fused-ring (bicyclic) bond motifs is 1. The number of carbonyl (C=O) groups is 1. The van der Waals surface area contributed by atoms with E-state index in [2.05, 4.69) is 21.7 Å². The minimum absolute atomic E-state index is 0.691. The summed E-state index contributed by atoms with van der Waals surface area (Å²) in [5, 5.41) is 1.05. The molecule has 104 valence electrons. The van der Waals surface area contributed by atoms with Crippen LogP contribution < -0.4 is 4.90 Å². The normalized spacial score (nSPS) is 24.3. The van der Waals surface area contributed by atoms with E-state index in [0.717, 1.165) is 48.0 Å². The zero-order chi connectivity index (χ0) is 13.2. The fourth-order valence-electron chi connectivity index (χ4n) is 3.16. The Morgan fingerprint density at radius 1 is 1.37 bits per heavy atom. The number of aromatic nitrogens is 1. The van der Waals surface area contributed by atoms with Crippen molar-refractivity contribution in [2.75, 3.05) is 31.1 Å². The van der Waals surface area contributed by atoms with Crippen molar-refractivity contribution in [1.82, 2.24) is 9.88 Å². The number of hydrogen-bond donors (Lipinski definition) is 0. The first kappa shape index (κ1) is 13.1. The average molecular weight is 279 g/mol. The number of piperazine rings is 1. The molecule has 0 radical (unpaired) electrons. The summed E-state index contributed by atoms with van der Waals surface area (Å²) in [6, 6.07) is 0.691. The Balaban J connectivity index is 1.75. The summed E-state index contributed by atoms with van der Waals surface area (Å²) in [5.74, 6) is 0. The van der Waals surface area contributed by atoms with E-state index in [4.69, 9.17) is 0 Å². The molecule has 1 atom stereocenters. The van der Waals surface area contributed by atoms with Gasteiger partial charge in [-0.1, -0.05) is 24.7 Å². The van der Waals surface area contributed by atoms with Gasteiger partial charge < -0.3 is 4.90 Å². The maximum atomic E-state index is 11.1. The lowest BCUT2D eigenvalue weighted by Gasteiger charge is -2.44. The van der Waals surface area contributed by atoms with E-state index in [-0.39, 0.29) is 0 Å². The van der Waals surface area contributed by atoms with Crippen molar-refractivity contribution in [1.29, 1.82) is 0 Å². The molecule has 2 fully saturated rings. The molecule has 2 aliphatic rings. The molecule has 5 heteroatoms.